The SMILES string of the molecule is O=C1CCC(=O)N1c1ccc(S(=O)(=O)Nc2ncc([N+](=O)[O-])s2)cc1. The molecule has 0 aliphatic carbocycles. The number of benzene rings is 1. The molecule has 1 aliphatic heterocycles. The molecule has 1 N–H and O–H groups in total. The number of nitrogens with zero attached hydrogens (tertiary/aromatic N) is 3. The number of imide groups is 1. The van der Waals surface area contributed by atoms with Crippen LogP contribution in [0.4, 0.5) is 15.8 Å². The van der Waals surface area contributed by atoms with Crippen LogP contribution in [0.25, 0.3) is 0 Å². The summed E-state index contributed by atoms with van der Waals surface area (Å²) >= 11 is 0.589. The summed E-state index contributed by atoms with van der Waals surface area (Å²) in [4.78, 5) is 37.8. The highest BCUT2D eigenvalue weighted by atomic mass is 32.2. The second-order valence-corrected chi connectivity index (χ2v) is 7.67. The smallest absolute Gasteiger partial charge is 0.274 e. The van der Waals surface area contributed by atoms with E-state index in [-0.39, 0.29) is 45.4 Å². The second kappa shape index (κ2) is 6.22. The van der Waals surface area contributed by atoms with E-state index >= 15 is 0 Å². The zero-order chi connectivity index (χ0) is 18.2. The first-order chi connectivity index (χ1) is 11.8. The van der Waals surface area contributed by atoms with Gasteiger partial charge in [0.05, 0.1) is 15.5 Å². The van der Waals surface area contributed by atoms with Gasteiger partial charge in [-0.25, -0.2) is 13.4 Å². The summed E-state index contributed by atoms with van der Waals surface area (Å²) in [5.74, 6) is -0.678. The van der Waals surface area contributed by atoms with Gasteiger partial charge in [-0.15, -0.1) is 0 Å². The third kappa shape index (κ3) is 3.34. The molecule has 0 spiro atoms. The number of hydrogen-bond acceptors (Lipinski definition) is 8. The van der Waals surface area contributed by atoms with Gasteiger partial charge in [-0.05, 0) is 35.6 Å². The van der Waals surface area contributed by atoms with E-state index in [9.17, 15) is 28.1 Å². The molecule has 25 heavy (non-hydrogen) atoms. The Morgan fingerprint density at radius 3 is 2.28 bits per heavy atom. The lowest BCUT2D eigenvalue weighted by molar-refractivity contribution is -0.380. The van der Waals surface area contributed by atoms with Crippen LogP contribution in [0.2, 0.25) is 0 Å². The van der Waals surface area contributed by atoms with Gasteiger partial charge in [-0.3, -0.25) is 29.3 Å². The van der Waals surface area contributed by atoms with E-state index in [1.165, 1.54) is 24.3 Å². The van der Waals surface area contributed by atoms with Gasteiger partial charge >= 0.3 is 5.00 Å². The molecule has 1 aromatic heterocycles. The second-order valence-electron chi connectivity index (χ2n) is 4.98. The van der Waals surface area contributed by atoms with Crippen LogP contribution >= 0.6 is 11.3 Å². The number of sulfonamides is 1. The Hall–Kier alpha value is -2.86. The third-order valence-electron chi connectivity index (χ3n) is 3.35. The largest absolute Gasteiger partial charge is 0.345 e. The standard InChI is InChI=1S/C13H10N4O6S2/c18-10-5-6-11(19)16(10)8-1-3-9(4-2-8)25(22,23)15-13-14-7-12(24-13)17(20)21/h1-4,7H,5-6H2,(H,14,15). The molecular formula is C13H10N4O6S2. The number of nitro groups is 1. The molecule has 1 aliphatic rings. The lowest BCUT2D eigenvalue weighted by atomic mass is 10.3. The van der Waals surface area contributed by atoms with Gasteiger partial charge < -0.3 is 0 Å². The van der Waals surface area contributed by atoms with E-state index in [0.717, 1.165) is 11.1 Å². The van der Waals surface area contributed by atoms with Crippen molar-refractivity contribution in [1.82, 2.24) is 4.98 Å². The lowest BCUT2D eigenvalue weighted by Crippen LogP contribution is -2.28. The molecule has 1 saturated heterocycles. The Balaban J connectivity index is 1.81. The fraction of sp³-hybridized carbons (Fsp3) is 0.154. The fourth-order valence-electron chi connectivity index (χ4n) is 2.21. The number of aromatic nitrogens is 1. The molecule has 3 rings (SSSR count). The topological polar surface area (TPSA) is 140 Å². The Labute approximate surface area is 145 Å². The summed E-state index contributed by atoms with van der Waals surface area (Å²) in [6.45, 7) is 0. The van der Waals surface area contributed by atoms with Crippen molar-refractivity contribution < 1.29 is 22.9 Å². The number of hydrogen-bond donors (Lipinski definition) is 1. The van der Waals surface area contributed by atoms with Gasteiger partial charge in [0.1, 0.15) is 6.20 Å². The highest BCUT2D eigenvalue weighted by Gasteiger charge is 2.30. The van der Waals surface area contributed by atoms with E-state index in [2.05, 4.69) is 9.71 Å². The maximum atomic E-state index is 12.3. The van der Waals surface area contributed by atoms with Crippen molar-refractivity contribution in [2.45, 2.75) is 17.7 Å². The molecule has 2 heterocycles. The highest BCUT2D eigenvalue weighted by molar-refractivity contribution is 7.93. The molecule has 0 radical (unpaired) electrons. The molecule has 0 bridgehead atoms. The molecular weight excluding hydrogens is 372 g/mol. The van der Waals surface area contributed by atoms with Crippen molar-refractivity contribution in [2.24, 2.45) is 0 Å². The van der Waals surface area contributed by atoms with Gasteiger partial charge in [0.2, 0.25) is 16.9 Å². The Morgan fingerprint density at radius 1 is 1.16 bits per heavy atom. The number of carbonyl (C=O) groups is 2. The summed E-state index contributed by atoms with van der Waals surface area (Å²) < 4.78 is 26.7. The van der Waals surface area contributed by atoms with Crippen LogP contribution in [-0.4, -0.2) is 30.1 Å². The quantitative estimate of drug-likeness (QED) is 0.469. The summed E-state index contributed by atoms with van der Waals surface area (Å²) in [7, 11) is -4.01. The molecule has 2 aromatic rings. The molecule has 1 aromatic carbocycles. The third-order valence-corrected chi connectivity index (χ3v) is 5.70. The van der Waals surface area contributed by atoms with Crippen LogP contribution in [0.5, 0.6) is 0 Å². The molecule has 2 amide bonds. The summed E-state index contributed by atoms with van der Waals surface area (Å²) in [5, 5.41) is 10.2. The minimum absolute atomic E-state index is 0.128. The molecule has 0 unspecified atom stereocenters. The predicted octanol–water partition coefficient (Wildman–Crippen LogP) is 1.51. The Kier molecular flexibility index (Phi) is 4.22. The van der Waals surface area contributed by atoms with Gasteiger partial charge in [-0.2, -0.15) is 0 Å². The van der Waals surface area contributed by atoms with E-state index in [1.807, 2.05) is 0 Å². The number of anilines is 2. The highest BCUT2D eigenvalue weighted by Crippen LogP contribution is 2.28. The first kappa shape index (κ1) is 17.0. The fourth-order valence-corrected chi connectivity index (χ4v) is 4.08. The van der Waals surface area contributed by atoms with Crippen molar-refractivity contribution in [3.05, 3.63) is 40.6 Å². The summed E-state index contributed by atoms with van der Waals surface area (Å²) in [6.07, 6.45) is 1.21. The lowest BCUT2D eigenvalue weighted by Gasteiger charge is -2.14. The zero-order valence-corrected chi connectivity index (χ0v) is 14.0. The molecule has 1 fully saturated rings. The van der Waals surface area contributed by atoms with Crippen LogP contribution < -0.4 is 9.62 Å². The summed E-state index contributed by atoms with van der Waals surface area (Å²) in [6, 6.07) is 5.16. The number of rotatable bonds is 5. The number of amides is 2. The average Bonchev–Trinajstić information content (AvgIpc) is 3.14. The van der Waals surface area contributed by atoms with Crippen molar-refractivity contribution in [3.63, 3.8) is 0 Å². The Morgan fingerprint density at radius 2 is 1.76 bits per heavy atom. The maximum Gasteiger partial charge on any atom is 0.345 e. The molecule has 0 atom stereocenters. The normalized spacial score (nSPS) is 14.8. The average molecular weight is 382 g/mol. The van der Waals surface area contributed by atoms with E-state index in [4.69, 9.17) is 0 Å². The number of thiazole rings is 1. The van der Waals surface area contributed by atoms with Gasteiger partial charge in [0.25, 0.3) is 10.0 Å². The molecule has 12 heteroatoms. The van der Waals surface area contributed by atoms with Crippen LogP contribution in [-0.2, 0) is 19.6 Å². The number of nitrogens with one attached hydrogen (secondary N) is 1. The Bertz CT molecular complexity index is 951. The van der Waals surface area contributed by atoms with Crippen LogP contribution in [0.1, 0.15) is 12.8 Å². The first-order valence-corrected chi connectivity index (χ1v) is 9.17. The van der Waals surface area contributed by atoms with Gasteiger partial charge in [0, 0.05) is 12.8 Å². The number of carbonyl (C=O) groups excluding carboxylic acids is 2. The van der Waals surface area contributed by atoms with Gasteiger partial charge in [0.15, 0.2) is 0 Å². The van der Waals surface area contributed by atoms with Crippen molar-refractivity contribution in [2.75, 3.05) is 9.62 Å². The van der Waals surface area contributed by atoms with Crippen LogP contribution in [0.3, 0.4) is 0 Å². The molecule has 0 saturated carbocycles. The van der Waals surface area contributed by atoms with Crippen LogP contribution in [0, 0.1) is 10.1 Å². The first-order valence-electron chi connectivity index (χ1n) is 6.87. The molecule has 130 valence electrons. The van der Waals surface area contributed by atoms with E-state index < -0.39 is 14.9 Å². The molecule has 10 nitrogen and oxygen atoms in total. The maximum absolute atomic E-state index is 12.3. The van der Waals surface area contributed by atoms with Gasteiger partial charge in [-0.1, -0.05) is 0 Å². The van der Waals surface area contributed by atoms with Crippen molar-refractivity contribution >= 4 is 49.0 Å². The minimum Gasteiger partial charge on any atom is -0.274 e. The zero-order valence-electron chi connectivity index (χ0n) is 12.4. The van der Waals surface area contributed by atoms with E-state index in [0.29, 0.717) is 11.3 Å². The van der Waals surface area contributed by atoms with Crippen molar-refractivity contribution in [1.29, 1.82) is 0 Å². The summed E-state index contributed by atoms with van der Waals surface area (Å²) in [5.41, 5.74) is 0.288. The van der Waals surface area contributed by atoms with E-state index in [1.54, 1.807) is 0 Å². The predicted molar refractivity (Wildman–Crippen MR) is 87.7 cm³/mol. The van der Waals surface area contributed by atoms with Crippen LogP contribution in [0.15, 0.2) is 35.4 Å². The monoisotopic (exact) mass is 382 g/mol. The van der Waals surface area contributed by atoms with Crippen molar-refractivity contribution in [3.8, 4) is 0 Å². The minimum atomic E-state index is -4.01.